The topological polar surface area (TPSA) is 66.8 Å². The Morgan fingerprint density at radius 1 is 1.23 bits per heavy atom. The van der Waals surface area contributed by atoms with Crippen molar-refractivity contribution in [1.82, 2.24) is 0 Å². The molecule has 1 aromatic rings. The molecule has 0 saturated carbocycles. The highest BCUT2D eigenvalue weighted by molar-refractivity contribution is 5.92. The monoisotopic (exact) mass is 304 g/mol. The zero-order valence-electron chi connectivity index (χ0n) is 13.6. The van der Waals surface area contributed by atoms with Gasteiger partial charge < -0.3 is 14.9 Å². The molecule has 0 bridgehead atoms. The SMILES string of the molecule is CC(C)=CCCC(C)=CCOc1cc(C)c(C(=O)O)c(O)c1. The van der Waals surface area contributed by atoms with Crippen LogP contribution in [0, 0.1) is 6.92 Å². The molecule has 0 atom stereocenters. The van der Waals surface area contributed by atoms with E-state index in [1.54, 1.807) is 13.0 Å². The number of aryl methyl sites for hydroxylation is 1. The molecule has 4 nitrogen and oxygen atoms in total. The van der Waals surface area contributed by atoms with Gasteiger partial charge in [-0.1, -0.05) is 17.2 Å². The van der Waals surface area contributed by atoms with Crippen molar-refractivity contribution in [1.29, 1.82) is 0 Å². The highest BCUT2D eigenvalue weighted by atomic mass is 16.5. The molecule has 4 heteroatoms. The third-order valence-electron chi connectivity index (χ3n) is 3.28. The van der Waals surface area contributed by atoms with Crippen LogP contribution in [0.1, 0.15) is 49.5 Å². The summed E-state index contributed by atoms with van der Waals surface area (Å²) in [5.74, 6) is -0.948. The van der Waals surface area contributed by atoms with Crippen LogP contribution in [-0.2, 0) is 0 Å². The Labute approximate surface area is 131 Å². The first-order valence-electron chi connectivity index (χ1n) is 7.30. The van der Waals surface area contributed by atoms with Crippen molar-refractivity contribution in [3.8, 4) is 11.5 Å². The highest BCUT2D eigenvalue weighted by Gasteiger charge is 2.14. The molecule has 1 aromatic carbocycles. The van der Waals surface area contributed by atoms with Crippen molar-refractivity contribution in [2.45, 2.75) is 40.5 Å². The number of aromatic carboxylic acids is 1. The summed E-state index contributed by atoms with van der Waals surface area (Å²) in [5, 5.41) is 18.7. The summed E-state index contributed by atoms with van der Waals surface area (Å²) in [6, 6.07) is 2.96. The summed E-state index contributed by atoms with van der Waals surface area (Å²) in [5.41, 5.74) is 2.95. The highest BCUT2D eigenvalue weighted by Crippen LogP contribution is 2.27. The summed E-state index contributed by atoms with van der Waals surface area (Å²) in [6.07, 6.45) is 6.19. The fourth-order valence-electron chi connectivity index (χ4n) is 2.07. The molecule has 0 amide bonds. The van der Waals surface area contributed by atoms with Gasteiger partial charge in [-0.15, -0.1) is 0 Å². The van der Waals surface area contributed by atoms with E-state index in [9.17, 15) is 9.90 Å². The van der Waals surface area contributed by atoms with E-state index in [0.717, 1.165) is 12.8 Å². The Morgan fingerprint density at radius 2 is 1.91 bits per heavy atom. The van der Waals surface area contributed by atoms with Crippen LogP contribution in [0.4, 0.5) is 0 Å². The van der Waals surface area contributed by atoms with Gasteiger partial charge in [-0.25, -0.2) is 4.79 Å². The molecular formula is C18H24O4. The number of hydrogen-bond acceptors (Lipinski definition) is 3. The van der Waals surface area contributed by atoms with Gasteiger partial charge in [0, 0.05) is 6.07 Å². The second-order valence-electron chi connectivity index (χ2n) is 5.62. The second kappa shape index (κ2) is 8.27. The van der Waals surface area contributed by atoms with E-state index >= 15 is 0 Å². The van der Waals surface area contributed by atoms with Crippen LogP contribution in [0.25, 0.3) is 0 Å². The lowest BCUT2D eigenvalue weighted by Gasteiger charge is -2.09. The Morgan fingerprint density at radius 3 is 2.45 bits per heavy atom. The van der Waals surface area contributed by atoms with E-state index in [4.69, 9.17) is 9.84 Å². The van der Waals surface area contributed by atoms with Gasteiger partial charge in [-0.2, -0.15) is 0 Å². The lowest BCUT2D eigenvalue weighted by atomic mass is 10.1. The van der Waals surface area contributed by atoms with Crippen molar-refractivity contribution >= 4 is 5.97 Å². The number of benzene rings is 1. The second-order valence-corrected chi connectivity index (χ2v) is 5.62. The van der Waals surface area contributed by atoms with Gasteiger partial charge in [0.2, 0.25) is 0 Å². The first-order valence-corrected chi connectivity index (χ1v) is 7.30. The average Bonchev–Trinajstić information content (AvgIpc) is 2.36. The Kier molecular flexibility index (Phi) is 6.70. The molecular weight excluding hydrogens is 280 g/mol. The molecule has 1 rings (SSSR count). The predicted molar refractivity (Wildman–Crippen MR) is 87.7 cm³/mol. The minimum absolute atomic E-state index is 0.0826. The summed E-state index contributed by atoms with van der Waals surface area (Å²) >= 11 is 0. The maximum absolute atomic E-state index is 11.0. The van der Waals surface area contributed by atoms with Gasteiger partial charge >= 0.3 is 5.97 Å². The molecule has 0 radical (unpaired) electrons. The van der Waals surface area contributed by atoms with Crippen molar-refractivity contribution in [2.24, 2.45) is 0 Å². The number of carboxylic acids is 1. The molecule has 0 aliphatic carbocycles. The largest absolute Gasteiger partial charge is 0.507 e. The molecule has 2 N–H and O–H groups in total. The summed E-state index contributed by atoms with van der Waals surface area (Å²) in [6.45, 7) is 8.25. The van der Waals surface area contributed by atoms with Crippen LogP contribution in [0.3, 0.4) is 0 Å². The smallest absolute Gasteiger partial charge is 0.339 e. The molecule has 0 aliphatic heterocycles. The first-order chi connectivity index (χ1) is 10.3. The van der Waals surface area contributed by atoms with Crippen molar-refractivity contribution in [2.75, 3.05) is 6.61 Å². The number of hydrogen-bond donors (Lipinski definition) is 2. The Hall–Kier alpha value is -2.23. The van der Waals surface area contributed by atoms with Crippen molar-refractivity contribution < 1.29 is 19.7 Å². The molecule has 120 valence electrons. The summed E-state index contributed by atoms with van der Waals surface area (Å²) in [4.78, 5) is 11.0. The third kappa shape index (κ3) is 5.64. The zero-order valence-corrected chi connectivity index (χ0v) is 13.6. The van der Waals surface area contributed by atoms with Crippen molar-refractivity contribution in [3.63, 3.8) is 0 Å². The molecule has 0 heterocycles. The first kappa shape index (κ1) is 17.8. The molecule has 0 unspecified atom stereocenters. The van der Waals surface area contributed by atoms with Gasteiger partial charge in [0.05, 0.1) is 0 Å². The van der Waals surface area contributed by atoms with Crippen LogP contribution in [-0.4, -0.2) is 22.8 Å². The van der Waals surface area contributed by atoms with E-state index in [1.165, 1.54) is 17.2 Å². The van der Waals surface area contributed by atoms with E-state index in [0.29, 0.717) is 17.9 Å². The third-order valence-corrected chi connectivity index (χ3v) is 3.28. The quantitative estimate of drug-likeness (QED) is 0.729. The van der Waals surface area contributed by atoms with Crippen LogP contribution in [0.5, 0.6) is 11.5 Å². The number of carboxylic acid groups (broad SMARTS) is 1. The summed E-state index contributed by atoms with van der Waals surface area (Å²) < 4.78 is 5.56. The Bertz CT molecular complexity index is 570. The Balaban J connectivity index is 2.62. The molecule has 0 fully saturated rings. The van der Waals surface area contributed by atoms with Crippen LogP contribution < -0.4 is 4.74 Å². The number of rotatable bonds is 7. The predicted octanol–water partition coefficient (Wildman–Crippen LogP) is 4.47. The van der Waals surface area contributed by atoms with Gasteiger partial charge in [-0.3, -0.25) is 0 Å². The van der Waals surface area contributed by atoms with Crippen LogP contribution >= 0.6 is 0 Å². The number of allylic oxidation sites excluding steroid dienone is 3. The maximum atomic E-state index is 11.0. The molecule has 0 spiro atoms. The van der Waals surface area contributed by atoms with E-state index in [1.807, 2.05) is 6.08 Å². The van der Waals surface area contributed by atoms with Crippen molar-refractivity contribution in [3.05, 3.63) is 46.6 Å². The van der Waals surface area contributed by atoms with E-state index in [-0.39, 0.29) is 11.3 Å². The number of ether oxygens (including phenoxy) is 1. The number of aromatic hydroxyl groups is 1. The minimum Gasteiger partial charge on any atom is -0.507 e. The van der Waals surface area contributed by atoms with Gasteiger partial charge in [0.1, 0.15) is 23.7 Å². The van der Waals surface area contributed by atoms with Gasteiger partial charge in [0.25, 0.3) is 0 Å². The fourth-order valence-corrected chi connectivity index (χ4v) is 2.07. The number of carbonyl (C=O) groups is 1. The van der Waals surface area contributed by atoms with Crippen LogP contribution in [0.2, 0.25) is 0 Å². The lowest BCUT2D eigenvalue weighted by molar-refractivity contribution is 0.0693. The molecule has 0 aromatic heterocycles. The van der Waals surface area contributed by atoms with Gasteiger partial charge in [0.15, 0.2) is 0 Å². The minimum atomic E-state index is -1.14. The standard InChI is InChI=1S/C18H24O4/c1-12(2)6-5-7-13(3)8-9-22-15-10-14(4)17(18(20)21)16(19)11-15/h6,8,10-11,19H,5,7,9H2,1-4H3,(H,20,21). The van der Waals surface area contributed by atoms with E-state index in [2.05, 4.69) is 26.8 Å². The summed E-state index contributed by atoms with van der Waals surface area (Å²) in [7, 11) is 0. The zero-order chi connectivity index (χ0) is 16.7. The normalized spacial score (nSPS) is 11.2. The number of phenols is 1. The maximum Gasteiger partial charge on any atom is 0.339 e. The average molecular weight is 304 g/mol. The lowest BCUT2D eigenvalue weighted by Crippen LogP contribution is -2.02. The molecule has 0 saturated heterocycles. The van der Waals surface area contributed by atoms with Crippen LogP contribution in [0.15, 0.2) is 35.4 Å². The van der Waals surface area contributed by atoms with E-state index < -0.39 is 5.97 Å². The molecule has 22 heavy (non-hydrogen) atoms. The molecule has 0 aliphatic rings. The fraction of sp³-hybridized carbons (Fsp3) is 0.389. The van der Waals surface area contributed by atoms with Gasteiger partial charge in [-0.05, 0) is 58.2 Å².